The van der Waals surface area contributed by atoms with Crippen LogP contribution in [0.5, 0.6) is 0 Å². The molecule has 0 aliphatic carbocycles. The lowest BCUT2D eigenvalue weighted by Gasteiger charge is -2.10. The first kappa shape index (κ1) is 21.5. The van der Waals surface area contributed by atoms with E-state index in [2.05, 4.69) is 10.0 Å². The van der Waals surface area contributed by atoms with Crippen LogP contribution in [0.25, 0.3) is 0 Å². The molecule has 0 fully saturated rings. The smallest absolute Gasteiger partial charge is 0.267 e. The van der Waals surface area contributed by atoms with E-state index in [-0.39, 0.29) is 21.2 Å². The van der Waals surface area contributed by atoms with Gasteiger partial charge < -0.3 is 5.32 Å². The molecule has 4 aromatic rings. The lowest BCUT2D eigenvalue weighted by molar-refractivity contribution is 0.102. The number of nitrogens with one attached hydrogen (secondary N) is 2. The second-order valence-corrected chi connectivity index (χ2v) is 9.41. The van der Waals surface area contributed by atoms with Gasteiger partial charge in [0.05, 0.1) is 10.6 Å². The number of hydrogen-bond acceptors (Lipinski definition) is 5. The minimum atomic E-state index is -3.83. The standard InChI is InChI=1S/C24H18N2O4S2/c27-22(17-8-3-1-4-9-17)18-10-7-11-19(16-18)25-24(28)23-21(14-15-31-23)26-32(29,30)20-12-5-2-6-13-20/h1-16,26H,(H,25,28). The lowest BCUT2D eigenvalue weighted by atomic mass is 10.0. The Morgan fingerprint density at radius 2 is 1.41 bits per heavy atom. The Bertz CT molecular complexity index is 1370. The van der Waals surface area contributed by atoms with Crippen molar-refractivity contribution in [3.63, 3.8) is 0 Å². The number of amides is 1. The fraction of sp³-hybridized carbons (Fsp3) is 0. The van der Waals surface area contributed by atoms with Crippen molar-refractivity contribution in [1.29, 1.82) is 0 Å². The fourth-order valence-corrected chi connectivity index (χ4v) is 4.95. The number of rotatable bonds is 7. The van der Waals surface area contributed by atoms with E-state index < -0.39 is 15.9 Å². The zero-order chi connectivity index (χ0) is 22.6. The summed E-state index contributed by atoms with van der Waals surface area (Å²) in [6, 6.07) is 24.9. The summed E-state index contributed by atoms with van der Waals surface area (Å²) >= 11 is 1.11. The summed E-state index contributed by atoms with van der Waals surface area (Å²) in [6.45, 7) is 0. The summed E-state index contributed by atoms with van der Waals surface area (Å²) in [4.78, 5) is 25.8. The van der Waals surface area contributed by atoms with Crippen LogP contribution in [0.3, 0.4) is 0 Å². The van der Waals surface area contributed by atoms with E-state index in [0.717, 1.165) is 11.3 Å². The van der Waals surface area contributed by atoms with Gasteiger partial charge >= 0.3 is 0 Å². The summed E-state index contributed by atoms with van der Waals surface area (Å²) < 4.78 is 27.7. The van der Waals surface area contributed by atoms with E-state index in [4.69, 9.17) is 0 Å². The Hall–Kier alpha value is -3.75. The van der Waals surface area contributed by atoms with E-state index in [1.165, 1.54) is 18.2 Å². The average Bonchev–Trinajstić information content (AvgIpc) is 3.27. The second kappa shape index (κ2) is 9.17. The van der Waals surface area contributed by atoms with E-state index >= 15 is 0 Å². The first-order chi connectivity index (χ1) is 15.4. The van der Waals surface area contributed by atoms with Gasteiger partial charge in [0.2, 0.25) is 0 Å². The van der Waals surface area contributed by atoms with E-state index in [9.17, 15) is 18.0 Å². The van der Waals surface area contributed by atoms with Crippen LogP contribution in [0.4, 0.5) is 11.4 Å². The highest BCUT2D eigenvalue weighted by Gasteiger charge is 2.20. The quantitative estimate of drug-likeness (QED) is 0.377. The maximum Gasteiger partial charge on any atom is 0.267 e. The Morgan fingerprint density at radius 3 is 2.12 bits per heavy atom. The predicted octanol–water partition coefficient (Wildman–Crippen LogP) is 5.03. The predicted molar refractivity (Wildman–Crippen MR) is 126 cm³/mol. The molecule has 0 spiro atoms. The molecule has 0 saturated heterocycles. The van der Waals surface area contributed by atoms with Gasteiger partial charge in [0.25, 0.3) is 15.9 Å². The Labute approximate surface area is 189 Å². The number of anilines is 2. The minimum Gasteiger partial charge on any atom is -0.321 e. The summed E-state index contributed by atoms with van der Waals surface area (Å²) in [5, 5.41) is 4.37. The van der Waals surface area contributed by atoms with Crippen LogP contribution in [0.1, 0.15) is 25.6 Å². The van der Waals surface area contributed by atoms with E-state index in [1.807, 2.05) is 6.07 Å². The van der Waals surface area contributed by atoms with Gasteiger partial charge in [0.1, 0.15) is 4.88 Å². The number of carbonyl (C=O) groups excluding carboxylic acids is 2. The zero-order valence-electron chi connectivity index (χ0n) is 16.7. The minimum absolute atomic E-state index is 0.102. The van der Waals surface area contributed by atoms with Crippen molar-refractivity contribution in [2.45, 2.75) is 4.90 Å². The molecule has 1 aromatic heterocycles. The SMILES string of the molecule is O=C(c1ccccc1)c1cccc(NC(=O)c2sccc2NS(=O)(=O)c2ccccc2)c1. The molecule has 32 heavy (non-hydrogen) atoms. The lowest BCUT2D eigenvalue weighted by Crippen LogP contribution is -2.17. The topological polar surface area (TPSA) is 92.3 Å². The molecule has 160 valence electrons. The summed E-state index contributed by atoms with van der Waals surface area (Å²) in [6.07, 6.45) is 0. The molecule has 0 radical (unpaired) electrons. The normalized spacial score (nSPS) is 11.0. The maximum absolute atomic E-state index is 12.8. The number of ketones is 1. The van der Waals surface area contributed by atoms with Crippen LogP contribution in [0, 0.1) is 0 Å². The molecule has 4 rings (SSSR count). The first-order valence-corrected chi connectivity index (χ1v) is 12.0. The molecule has 2 N–H and O–H groups in total. The third-order valence-electron chi connectivity index (χ3n) is 4.59. The van der Waals surface area contributed by atoms with E-state index in [1.54, 1.807) is 72.1 Å². The Morgan fingerprint density at radius 1 is 0.750 bits per heavy atom. The van der Waals surface area contributed by atoms with Gasteiger partial charge in [-0.3, -0.25) is 14.3 Å². The molecule has 0 aliphatic heterocycles. The number of thiophene rings is 1. The molecule has 0 aliphatic rings. The maximum atomic E-state index is 12.8. The van der Waals surface area contributed by atoms with Gasteiger partial charge in [-0.25, -0.2) is 8.42 Å². The van der Waals surface area contributed by atoms with Crippen LogP contribution in [-0.2, 0) is 10.0 Å². The van der Waals surface area contributed by atoms with Crippen LogP contribution in [-0.4, -0.2) is 20.1 Å². The van der Waals surface area contributed by atoms with Crippen molar-refractivity contribution in [2.24, 2.45) is 0 Å². The summed E-state index contributed by atoms with van der Waals surface area (Å²) in [5.41, 5.74) is 1.60. The second-order valence-electron chi connectivity index (χ2n) is 6.81. The highest BCUT2D eigenvalue weighted by Crippen LogP contribution is 2.26. The first-order valence-electron chi connectivity index (χ1n) is 9.60. The van der Waals surface area contributed by atoms with Crippen LogP contribution in [0.2, 0.25) is 0 Å². The van der Waals surface area contributed by atoms with Crippen molar-refractivity contribution < 1.29 is 18.0 Å². The fourth-order valence-electron chi connectivity index (χ4n) is 3.05. The molecule has 1 amide bonds. The zero-order valence-corrected chi connectivity index (χ0v) is 18.3. The van der Waals surface area contributed by atoms with Crippen molar-refractivity contribution in [3.8, 4) is 0 Å². The van der Waals surface area contributed by atoms with Crippen molar-refractivity contribution >= 4 is 44.4 Å². The third-order valence-corrected chi connectivity index (χ3v) is 6.88. The highest BCUT2D eigenvalue weighted by molar-refractivity contribution is 7.92. The number of sulfonamides is 1. The van der Waals surface area contributed by atoms with Gasteiger partial charge in [-0.05, 0) is 35.7 Å². The van der Waals surface area contributed by atoms with Crippen molar-refractivity contribution in [3.05, 3.63) is 112 Å². The summed E-state index contributed by atoms with van der Waals surface area (Å²) in [5.74, 6) is -0.635. The number of benzene rings is 3. The van der Waals surface area contributed by atoms with Gasteiger partial charge in [-0.2, -0.15) is 0 Å². The van der Waals surface area contributed by atoms with Gasteiger partial charge in [-0.15, -0.1) is 11.3 Å². The van der Waals surface area contributed by atoms with Crippen molar-refractivity contribution in [1.82, 2.24) is 0 Å². The molecule has 1 heterocycles. The molecular formula is C24H18N2O4S2. The third kappa shape index (κ3) is 4.77. The Balaban J connectivity index is 1.53. The van der Waals surface area contributed by atoms with Gasteiger partial charge in [0.15, 0.2) is 5.78 Å². The highest BCUT2D eigenvalue weighted by atomic mass is 32.2. The molecule has 0 atom stereocenters. The molecule has 3 aromatic carbocycles. The molecule has 0 bridgehead atoms. The Kier molecular flexibility index (Phi) is 6.16. The largest absolute Gasteiger partial charge is 0.321 e. The molecule has 0 saturated carbocycles. The van der Waals surface area contributed by atoms with Crippen LogP contribution < -0.4 is 10.0 Å². The van der Waals surface area contributed by atoms with Crippen molar-refractivity contribution in [2.75, 3.05) is 10.0 Å². The van der Waals surface area contributed by atoms with Gasteiger partial charge in [0, 0.05) is 16.8 Å². The number of hydrogen-bond donors (Lipinski definition) is 2. The number of carbonyl (C=O) groups is 2. The van der Waals surface area contributed by atoms with Crippen LogP contribution >= 0.6 is 11.3 Å². The molecule has 0 unspecified atom stereocenters. The molecular weight excluding hydrogens is 444 g/mol. The summed E-state index contributed by atoms with van der Waals surface area (Å²) in [7, 11) is -3.83. The van der Waals surface area contributed by atoms with Crippen LogP contribution in [0.15, 0.2) is 101 Å². The molecule has 6 nitrogen and oxygen atoms in total. The van der Waals surface area contributed by atoms with Gasteiger partial charge in [-0.1, -0.05) is 60.7 Å². The molecule has 8 heteroatoms. The van der Waals surface area contributed by atoms with E-state index in [0.29, 0.717) is 16.8 Å². The average molecular weight is 463 g/mol. The monoisotopic (exact) mass is 462 g/mol.